The van der Waals surface area contributed by atoms with Gasteiger partial charge in [0.2, 0.25) is 11.8 Å². The fourth-order valence-electron chi connectivity index (χ4n) is 2.39. The molecule has 0 aromatic rings. The van der Waals surface area contributed by atoms with E-state index in [2.05, 4.69) is 24.5 Å². The predicted octanol–water partition coefficient (Wildman–Crippen LogP) is 1.79. The van der Waals surface area contributed by atoms with Crippen LogP contribution in [0.4, 0.5) is 0 Å². The second-order valence-corrected chi connectivity index (χ2v) is 6.80. The average molecular weight is 314 g/mol. The summed E-state index contributed by atoms with van der Waals surface area (Å²) in [5.41, 5.74) is 0. The molecule has 0 rings (SSSR count). The minimum Gasteiger partial charge on any atom is -0.480 e. The van der Waals surface area contributed by atoms with Gasteiger partial charge in [-0.25, -0.2) is 4.79 Å². The Bertz CT molecular complexity index is 380. The van der Waals surface area contributed by atoms with Gasteiger partial charge in [0.15, 0.2) is 0 Å². The molecule has 0 spiro atoms. The van der Waals surface area contributed by atoms with Crippen molar-refractivity contribution in [3.05, 3.63) is 0 Å². The Morgan fingerprint density at radius 2 is 1.45 bits per heavy atom. The number of carboxylic acids is 1. The number of aliphatic carboxylic acids is 1. The predicted molar refractivity (Wildman–Crippen MR) is 85.3 cm³/mol. The Hall–Kier alpha value is -1.59. The van der Waals surface area contributed by atoms with Gasteiger partial charge in [0.1, 0.15) is 6.04 Å². The third-order valence-corrected chi connectivity index (χ3v) is 3.19. The number of rotatable bonds is 10. The molecule has 0 aliphatic heterocycles. The topological polar surface area (TPSA) is 95.5 Å². The SMILES string of the molecule is CC(C)CC(C)CC(=O)NCC(=O)N[C@@H](CC(C)C)C(=O)O. The number of carbonyl (C=O) groups excluding carboxylic acids is 2. The van der Waals surface area contributed by atoms with E-state index in [4.69, 9.17) is 5.11 Å². The van der Waals surface area contributed by atoms with Gasteiger partial charge in [0.05, 0.1) is 6.54 Å². The summed E-state index contributed by atoms with van der Waals surface area (Å²) in [5, 5.41) is 14.0. The molecule has 0 saturated heterocycles. The van der Waals surface area contributed by atoms with Gasteiger partial charge in [-0.05, 0) is 30.6 Å². The fourth-order valence-corrected chi connectivity index (χ4v) is 2.39. The number of amides is 2. The highest BCUT2D eigenvalue weighted by Crippen LogP contribution is 2.14. The van der Waals surface area contributed by atoms with Crippen molar-refractivity contribution >= 4 is 17.8 Å². The van der Waals surface area contributed by atoms with Gasteiger partial charge in [-0.15, -0.1) is 0 Å². The number of carbonyl (C=O) groups is 3. The summed E-state index contributed by atoms with van der Waals surface area (Å²) in [6.45, 7) is 9.79. The Morgan fingerprint density at radius 3 is 1.91 bits per heavy atom. The molecule has 0 heterocycles. The molecule has 6 heteroatoms. The monoisotopic (exact) mass is 314 g/mol. The summed E-state index contributed by atoms with van der Waals surface area (Å²) in [5.74, 6) is -0.766. The van der Waals surface area contributed by atoms with E-state index in [0.29, 0.717) is 18.8 Å². The van der Waals surface area contributed by atoms with Gasteiger partial charge in [0, 0.05) is 6.42 Å². The standard InChI is InChI=1S/C16H30N2O4/c1-10(2)6-12(5)8-14(19)17-9-15(20)18-13(16(21)22)7-11(3)4/h10-13H,6-9H2,1-5H3,(H,17,19)(H,18,20)(H,21,22)/t12?,13-/m0/s1. The Morgan fingerprint density at radius 1 is 0.909 bits per heavy atom. The Balaban J connectivity index is 4.15. The van der Waals surface area contributed by atoms with Crippen LogP contribution in [0.3, 0.4) is 0 Å². The summed E-state index contributed by atoms with van der Waals surface area (Å²) in [4.78, 5) is 34.5. The van der Waals surface area contributed by atoms with E-state index in [1.165, 1.54) is 0 Å². The molecule has 128 valence electrons. The summed E-state index contributed by atoms with van der Waals surface area (Å²) < 4.78 is 0. The molecule has 0 radical (unpaired) electrons. The quantitative estimate of drug-likeness (QED) is 0.573. The van der Waals surface area contributed by atoms with E-state index in [1.54, 1.807) is 0 Å². The van der Waals surface area contributed by atoms with Crippen LogP contribution in [0.15, 0.2) is 0 Å². The first-order valence-corrected chi connectivity index (χ1v) is 7.90. The maximum absolute atomic E-state index is 11.7. The molecule has 0 fully saturated rings. The number of nitrogens with one attached hydrogen (secondary N) is 2. The lowest BCUT2D eigenvalue weighted by Crippen LogP contribution is -2.46. The van der Waals surface area contributed by atoms with Crippen LogP contribution in [0, 0.1) is 17.8 Å². The van der Waals surface area contributed by atoms with Crippen molar-refractivity contribution in [2.45, 2.75) is 59.9 Å². The van der Waals surface area contributed by atoms with E-state index in [0.717, 1.165) is 6.42 Å². The van der Waals surface area contributed by atoms with Gasteiger partial charge in [-0.2, -0.15) is 0 Å². The largest absolute Gasteiger partial charge is 0.480 e. The highest BCUT2D eigenvalue weighted by Gasteiger charge is 2.21. The van der Waals surface area contributed by atoms with Crippen molar-refractivity contribution in [3.8, 4) is 0 Å². The van der Waals surface area contributed by atoms with Gasteiger partial charge in [-0.1, -0.05) is 34.6 Å². The second-order valence-electron chi connectivity index (χ2n) is 6.80. The van der Waals surface area contributed by atoms with Crippen LogP contribution < -0.4 is 10.6 Å². The second kappa shape index (κ2) is 10.2. The summed E-state index contributed by atoms with van der Waals surface area (Å²) in [7, 11) is 0. The molecule has 0 bridgehead atoms. The highest BCUT2D eigenvalue weighted by molar-refractivity contribution is 5.87. The maximum Gasteiger partial charge on any atom is 0.326 e. The summed E-state index contributed by atoms with van der Waals surface area (Å²) >= 11 is 0. The van der Waals surface area contributed by atoms with Crippen LogP contribution in [-0.4, -0.2) is 35.5 Å². The van der Waals surface area contributed by atoms with Crippen molar-refractivity contribution in [2.75, 3.05) is 6.54 Å². The molecule has 22 heavy (non-hydrogen) atoms. The first-order chi connectivity index (χ1) is 10.1. The fraction of sp³-hybridized carbons (Fsp3) is 0.812. The number of carboxylic acid groups (broad SMARTS) is 1. The van der Waals surface area contributed by atoms with Crippen LogP contribution in [0.5, 0.6) is 0 Å². The van der Waals surface area contributed by atoms with Gasteiger partial charge in [0.25, 0.3) is 0 Å². The van der Waals surface area contributed by atoms with Crippen molar-refractivity contribution < 1.29 is 19.5 Å². The molecule has 6 nitrogen and oxygen atoms in total. The Labute approximate surface area is 133 Å². The molecule has 0 aliphatic rings. The first-order valence-electron chi connectivity index (χ1n) is 7.90. The van der Waals surface area contributed by atoms with Crippen molar-refractivity contribution in [1.29, 1.82) is 0 Å². The van der Waals surface area contributed by atoms with Crippen LogP contribution in [0.2, 0.25) is 0 Å². The van der Waals surface area contributed by atoms with E-state index >= 15 is 0 Å². The van der Waals surface area contributed by atoms with Gasteiger partial charge >= 0.3 is 5.97 Å². The number of hydrogen-bond acceptors (Lipinski definition) is 3. The molecule has 0 aromatic heterocycles. The molecule has 2 atom stereocenters. The zero-order chi connectivity index (χ0) is 17.3. The zero-order valence-corrected chi connectivity index (χ0v) is 14.3. The maximum atomic E-state index is 11.7. The van der Waals surface area contributed by atoms with E-state index in [1.807, 2.05) is 20.8 Å². The van der Waals surface area contributed by atoms with Crippen LogP contribution in [0.1, 0.15) is 53.9 Å². The molecule has 2 amide bonds. The molecular formula is C16H30N2O4. The molecule has 1 unspecified atom stereocenters. The molecule has 0 aliphatic carbocycles. The minimum absolute atomic E-state index is 0.160. The number of hydrogen-bond donors (Lipinski definition) is 3. The van der Waals surface area contributed by atoms with Crippen LogP contribution in [-0.2, 0) is 14.4 Å². The lowest BCUT2D eigenvalue weighted by Gasteiger charge is -2.17. The lowest BCUT2D eigenvalue weighted by atomic mass is 9.96. The van der Waals surface area contributed by atoms with E-state index in [-0.39, 0.29) is 24.3 Å². The lowest BCUT2D eigenvalue weighted by molar-refractivity contribution is -0.142. The Kier molecular flexibility index (Phi) is 9.45. The van der Waals surface area contributed by atoms with Crippen molar-refractivity contribution in [3.63, 3.8) is 0 Å². The van der Waals surface area contributed by atoms with Crippen LogP contribution >= 0.6 is 0 Å². The summed E-state index contributed by atoms with van der Waals surface area (Å²) in [6, 6.07) is -0.913. The average Bonchev–Trinajstić information content (AvgIpc) is 2.33. The molecule has 0 saturated carbocycles. The van der Waals surface area contributed by atoms with Gasteiger partial charge in [-0.3, -0.25) is 9.59 Å². The van der Waals surface area contributed by atoms with Gasteiger partial charge < -0.3 is 15.7 Å². The van der Waals surface area contributed by atoms with Crippen LogP contribution in [0.25, 0.3) is 0 Å². The third kappa shape index (κ3) is 10.2. The third-order valence-electron chi connectivity index (χ3n) is 3.19. The zero-order valence-electron chi connectivity index (χ0n) is 14.3. The summed E-state index contributed by atoms with van der Waals surface area (Å²) in [6.07, 6.45) is 1.69. The highest BCUT2D eigenvalue weighted by atomic mass is 16.4. The molecule has 0 aromatic carbocycles. The normalized spacial score (nSPS) is 13.8. The molecule has 3 N–H and O–H groups in total. The van der Waals surface area contributed by atoms with E-state index < -0.39 is 17.9 Å². The minimum atomic E-state index is -1.06. The van der Waals surface area contributed by atoms with Crippen molar-refractivity contribution in [2.24, 2.45) is 17.8 Å². The smallest absolute Gasteiger partial charge is 0.326 e. The van der Waals surface area contributed by atoms with E-state index in [9.17, 15) is 14.4 Å². The first kappa shape index (κ1) is 20.4. The van der Waals surface area contributed by atoms with Crippen molar-refractivity contribution in [1.82, 2.24) is 10.6 Å². The molecular weight excluding hydrogens is 284 g/mol.